The first-order chi connectivity index (χ1) is 15.1. The molecule has 0 amide bonds. The van der Waals surface area contributed by atoms with Gasteiger partial charge in [0.05, 0.1) is 17.8 Å². The zero-order valence-corrected chi connectivity index (χ0v) is 16.9. The molecule has 6 heteroatoms. The lowest BCUT2D eigenvalue weighted by Crippen LogP contribution is -2.22. The monoisotopic (exact) mass is 412 g/mol. The molecule has 31 heavy (non-hydrogen) atoms. The van der Waals surface area contributed by atoms with E-state index in [1.54, 1.807) is 18.3 Å². The molecule has 1 N–H and O–H groups in total. The van der Waals surface area contributed by atoms with Crippen molar-refractivity contribution in [3.05, 3.63) is 93.8 Å². The van der Waals surface area contributed by atoms with Crippen molar-refractivity contribution in [3.8, 4) is 17.4 Å². The van der Waals surface area contributed by atoms with Crippen molar-refractivity contribution in [3.63, 3.8) is 0 Å². The molecule has 0 spiro atoms. The zero-order valence-electron chi connectivity index (χ0n) is 16.9. The molecule has 6 nitrogen and oxygen atoms in total. The summed E-state index contributed by atoms with van der Waals surface area (Å²) in [6.45, 7) is 2.35. The molecule has 0 aliphatic carbocycles. The Bertz CT molecular complexity index is 1390. The fourth-order valence-electron chi connectivity index (χ4n) is 3.75. The lowest BCUT2D eigenvalue weighted by atomic mass is 10.1. The largest absolute Gasteiger partial charge is 0.494 e. The number of ether oxygens (including phenoxy) is 2. The Labute approximate surface area is 178 Å². The van der Waals surface area contributed by atoms with E-state index in [4.69, 9.17) is 9.47 Å². The lowest BCUT2D eigenvalue weighted by molar-refractivity contribution is 0.174. The van der Waals surface area contributed by atoms with E-state index in [9.17, 15) is 9.90 Å². The first kappa shape index (κ1) is 18.9. The minimum atomic E-state index is -0.265. The summed E-state index contributed by atoms with van der Waals surface area (Å²) in [7, 11) is 0. The third kappa shape index (κ3) is 3.42. The van der Waals surface area contributed by atoms with E-state index in [0.717, 1.165) is 16.8 Å². The SMILES string of the molecule is Cc1ccccc1N=Cc1c(O)n(Cc2ccc3c(c2)OCO3)c(=O)c2ccccc12. The Morgan fingerprint density at radius 1 is 1.00 bits per heavy atom. The third-order valence-corrected chi connectivity index (χ3v) is 5.42. The summed E-state index contributed by atoms with van der Waals surface area (Å²) in [6.07, 6.45) is 1.62. The van der Waals surface area contributed by atoms with Crippen LogP contribution in [0.1, 0.15) is 16.7 Å². The van der Waals surface area contributed by atoms with E-state index < -0.39 is 0 Å². The van der Waals surface area contributed by atoms with Gasteiger partial charge in [0.2, 0.25) is 12.7 Å². The fourth-order valence-corrected chi connectivity index (χ4v) is 3.75. The predicted octanol–water partition coefficient (Wildman–Crippen LogP) is 4.54. The van der Waals surface area contributed by atoms with Gasteiger partial charge in [0.25, 0.3) is 5.56 Å². The topological polar surface area (TPSA) is 73.1 Å². The predicted molar refractivity (Wildman–Crippen MR) is 120 cm³/mol. The molecule has 0 atom stereocenters. The second-order valence-electron chi connectivity index (χ2n) is 7.41. The highest BCUT2D eigenvalue weighted by molar-refractivity contribution is 6.02. The van der Waals surface area contributed by atoms with Crippen molar-refractivity contribution in [2.75, 3.05) is 6.79 Å². The van der Waals surface area contributed by atoms with Gasteiger partial charge in [-0.05, 0) is 42.3 Å². The van der Waals surface area contributed by atoms with Crippen molar-refractivity contribution in [2.24, 2.45) is 4.99 Å². The van der Waals surface area contributed by atoms with Crippen LogP contribution in [0, 0.1) is 6.92 Å². The summed E-state index contributed by atoms with van der Waals surface area (Å²) in [5.74, 6) is 1.18. The highest BCUT2D eigenvalue weighted by Crippen LogP contribution is 2.33. The summed E-state index contributed by atoms with van der Waals surface area (Å²) >= 11 is 0. The number of aromatic nitrogens is 1. The number of pyridine rings is 1. The van der Waals surface area contributed by atoms with Crippen LogP contribution in [0.25, 0.3) is 10.8 Å². The van der Waals surface area contributed by atoms with Gasteiger partial charge in [0.1, 0.15) is 0 Å². The van der Waals surface area contributed by atoms with Gasteiger partial charge in [-0.25, -0.2) is 0 Å². The summed E-state index contributed by atoms with van der Waals surface area (Å²) in [5.41, 5.74) is 2.88. The molecule has 154 valence electrons. The number of aromatic hydroxyl groups is 1. The number of aliphatic imine (C=N–C) groups is 1. The molecule has 2 heterocycles. The van der Waals surface area contributed by atoms with Gasteiger partial charge in [0, 0.05) is 17.0 Å². The van der Waals surface area contributed by atoms with Crippen LogP contribution in [0.3, 0.4) is 0 Å². The molecule has 1 aliphatic rings. The van der Waals surface area contributed by atoms with Gasteiger partial charge in [-0.15, -0.1) is 0 Å². The fraction of sp³-hybridized carbons (Fsp3) is 0.120. The molecule has 3 aromatic carbocycles. The van der Waals surface area contributed by atoms with E-state index in [1.165, 1.54) is 4.57 Å². The van der Waals surface area contributed by atoms with Crippen molar-refractivity contribution in [1.82, 2.24) is 4.57 Å². The molecule has 5 rings (SSSR count). The number of nitrogens with zero attached hydrogens (tertiary/aromatic N) is 2. The Hall–Kier alpha value is -4.06. The third-order valence-electron chi connectivity index (χ3n) is 5.42. The Kier molecular flexibility index (Phi) is 4.67. The summed E-state index contributed by atoms with van der Waals surface area (Å²) in [5, 5.41) is 12.3. The van der Waals surface area contributed by atoms with E-state index in [0.29, 0.717) is 27.8 Å². The summed E-state index contributed by atoms with van der Waals surface area (Å²) < 4.78 is 12.2. The molecule has 1 aromatic heterocycles. The number of fused-ring (bicyclic) bond motifs is 2. The standard InChI is InChI=1S/C25H20N2O4/c1-16-6-2-5-9-21(16)26-13-20-18-7-3-4-8-19(18)24(28)27(25(20)29)14-17-10-11-22-23(12-17)31-15-30-22/h2-13,29H,14-15H2,1H3. The Morgan fingerprint density at radius 3 is 2.58 bits per heavy atom. The number of hydrogen-bond donors (Lipinski definition) is 1. The number of rotatable bonds is 4. The van der Waals surface area contributed by atoms with Crippen molar-refractivity contribution >= 4 is 22.7 Å². The second kappa shape index (κ2) is 7.65. The van der Waals surface area contributed by atoms with Gasteiger partial charge in [-0.1, -0.05) is 42.5 Å². The molecule has 0 saturated heterocycles. The molecule has 0 unspecified atom stereocenters. The summed E-state index contributed by atoms with van der Waals surface area (Å²) in [4.78, 5) is 17.7. The average molecular weight is 412 g/mol. The Morgan fingerprint density at radius 2 is 1.74 bits per heavy atom. The van der Waals surface area contributed by atoms with Crippen LogP contribution < -0.4 is 15.0 Å². The lowest BCUT2D eigenvalue weighted by Gasteiger charge is -2.14. The van der Waals surface area contributed by atoms with Gasteiger partial charge in [0.15, 0.2) is 11.5 Å². The van der Waals surface area contributed by atoms with Crippen LogP contribution >= 0.6 is 0 Å². The molecule has 0 saturated carbocycles. The number of hydrogen-bond acceptors (Lipinski definition) is 5. The van der Waals surface area contributed by atoms with E-state index >= 15 is 0 Å². The molecular formula is C25H20N2O4. The second-order valence-corrected chi connectivity index (χ2v) is 7.41. The highest BCUT2D eigenvalue weighted by atomic mass is 16.7. The number of aryl methyl sites for hydroxylation is 1. The van der Waals surface area contributed by atoms with Crippen molar-refractivity contribution < 1.29 is 14.6 Å². The first-order valence-corrected chi connectivity index (χ1v) is 9.94. The molecular weight excluding hydrogens is 392 g/mol. The van der Waals surface area contributed by atoms with Gasteiger partial charge in [-0.3, -0.25) is 14.4 Å². The smallest absolute Gasteiger partial charge is 0.261 e. The number of para-hydroxylation sites is 1. The van der Waals surface area contributed by atoms with Gasteiger partial charge < -0.3 is 14.6 Å². The Balaban J connectivity index is 1.64. The maximum atomic E-state index is 13.2. The van der Waals surface area contributed by atoms with Gasteiger partial charge in [-0.2, -0.15) is 0 Å². The average Bonchev–Trinajstić information content (AvgIpc) is 3.26. The molecule has 0 radical (unpaired) electrons. The van der Waals surface area contributed by atoms with Crippen LogP contribution in [0.2, 0.25) is 0 Å². The van der Waals surface area contributed by atoms with Crippen LogP contribution in [-0.4, -0.2) is 22.7 Å². The van der Waals surface area contributed by atoms with Crippen LogP contribution in [0.5, 0.6) is 17.4 Å². The van der Waals surface area contributed by atoms with Crippen molar-refractivity contribution in [2.45, 2.75) is 13.5 Å². The quantitative estimate of drug-likeness (QED) is 0.500. The van der Waals surface area contributed by atoms with E-state index in [1.807, 2.05) is 61.5 Å². The first-order valence-electron chi connectivity index (χ1n) is 9.94. The van der Waals surface area contributed by atoms with E-state index in [2.05, 4.69) is 4.99 Å². The highest BCUT2D eigenvalue weighted by Gasteiger charge is 2.17. The molecule has 0 fully saturated rings. The molecule has 0 bridgehead atoms. The maximum Gasteiger partial charge on any atom is 0.261 e. The number of benzene rings is 3. The van der Waals surface area contributed by atoms with Gasteiger partial charge >= 0.3 is 0 Å². The normalized spacial score (nSPS) is 12.7. The van der Waals surface area contributed by atoms with Crippen LogP contribution in [0.4, 0.5) is 5.69 Å². The molecule has 4 aromatic rings. The summed E-state index contributed by atoms with van der Waals surface area (Å²) in [6, 6.07) is 20.5. The van der Waals surface area contributed by atoms with E-state index in [-0.39, 0.29) is 24.8 Å². The zero-order chi connectivity index (χ0) is 21.4. The van der Waals surface area contributed by atoms with Crippen LogP contribution in [-0.2, 0) is 6.54 Å². The maximum absolute atomic E-state index is 13.2. The van der Waals surface area contributed by atoms with Crippen molar-refractivity contribution in [1.29, 1.82) is 0 Å². The molecule has 1 aliphatic heterocycles. The minimum absolute atomic E-state index is 0.126. The minimum Gasteiger partial charge on any atom is -0.494 e. The van der Waals surface area contributed by atoms with Crippen LogP contribution in [0.15, 0.2) is 76.5 Å².